The quantitative estimate of drug-likeness (QED) is 0.445. The van der Waals surface area contributed by atoms with Crippen molar-refractivity contribution >= 4 is 23.6 Å². The van der Waals surface area contributed by atoms with Crippen LogP contribution >= 0.6 is 7.29 Å². The Bertz CT molecular complexity index is 830. The maximum atomic E-state index is 14.1. The molecule has 0 aliphatic carbocycles. The average molecular weight is 347 g/mol. The van der Waals surface area contributed by atoms with Crippen LogP contribution < -0.4 is 10.6 Å². The predicted molar refractivity (Wildman–Crippen MR) is 108 cm³/mol. The lowest BCUT2D eigenvalue weighted by molar-refractivity contribution is 0.588. The molecule has 0 unspecified atom stereocenters. The highest BCUT2D eigenvalue weighted by Crippen LogP contribution is 2.45. The molecule has 0 aromatic heterocycles. The average Bonchev–Trinajstić information content (AvgIpc) is 2.69. The summed E-state index contributed by atoms with van der Waals surface area (Å²) >= 11 is 0. The minimum atomic E-state index is -3.09. The molecule has 126 valence electrons. The Morgan fingerprint density at radius 3 is 1.64 bits per heavy atom. The van der Waals surface area contributed by atoms with E-state index < -0.39 is 7.29 Å². The van der Waals surface area contributed by atoms with E-state index in [0.717, 1.165) is 34.7 Å². The Morgan fingerprint density at radius 2 is 1.20 bits per heavy atom. The summed E-state index contributed by atoms with van der Waals surface area (Å²) in [5.41, 5.74) is 1.94. The summed E-state index contributed by atoms with van der Waals surface area (Å²) in [6.45, 7) is 2.12. The maximum Gasteiger partial charge on any atom is 0.247 e. The maximum absolute atomic E-state index is 14.1. The van der Waals surface area contributed by atoms with Crippen molar-refractivity contribution in [2.24, 2.45) is 4.76 Å². The molecule has 0 amide bonds. The van der Waals surface area contributed by atoms with E-state index in [1.54, 1.807) is 0 Å². The van der Waals surface area contributed by atoms with Crippen molar-refractivity contribution in [2.45, 2.75) is 19.8 Å². The van der Waals surface area contributed by atoms with Crippen LogP contribution in [0.15, 0.2) is 95.8 Å². The molecule has 0 aliphatic heterocycles. The zero-order valence-corrected chi connectivity index (χ0v) is 15.3. The minimum absolute atomic E-state index is 0.769. The van der Waals surface area contributed by atoms with Gasteiger partial charge in [0.1, 0.15) is 0 Å². The largest absolute Gasteiger partial charge is 0.288 e. The predicted octanol–water partition coefficient (Wildman–Crippen LogP) is 5.20. The van der Waals surface area contributed by atoms with Crippen molar-refractivity contribution in [2.75, 3.05) is 0 Å². The fourth-order valence-electron chi connectivity index (χ4n) is 2.81. The SMILES string of the molecule is CCC/C(=N/P(=O)(c1ccccc1)c1ccccc1)c1ccccc1. The molecule has 0 saturated carbocycles. The van der Waals surface area contributed by atoms with Gasteiger partial charge in [-0.05, 0) is 36.2 Å². The molecule has 3 aromatic carbocycles. The molecule has 3 rings (SSSR count). The first-order chi connectivity index (χ1) is 12.2. The topological polar surface area (TPSA) is 29.4 Å². The van der Waals surface area contributed by atoms with Crippen LogP contribution in [-0.2, 0) is 4.57 Å². The minimum Gasteiger partial charge on any atom is -0.288 e. The van der Waals surface area contributed by atoms with E-state index in [9.17, 15) is 4.57 Å². The van der Waals surface area contributed by atoms with Gasteiger partial charge in [0.05, 0.1) is 5.71 Å². The molecular weight excluding hydrogens is 325 g/mol. The van der Waals surface area contributed by atoms with E-state index >= 15 is 0 Å². The highest BCUT2D eigenvalue weighted by Gasteiger charge is 2.27. The zero-order chi connectivity index (χ0) is 17.5. The Kier molecular flexibility index (Phi) is 5.63. The van der Waals surface area contributed by atoms with Gasteiger partial charge in [-0.2, -0.15) is 0 Å². The van der Waals surface area contributed by atoms with Gasteiger partial charge < -0.3 is 0 Å². The molecule has 0 aliphatic rings. The van der Waals surface area contributed by atoms with Crippen molar-refractivity contribution in [1.82, 2.24) is 0 Å². The lowest BCUT2D eigenvalue weighted by Crippen LogP contribution is -2.16. The van der Waals surface area contributed by atoms with Gasteiger partial charge in [0.15, 0.2) is 0 Å². The van der Waals surface area contributed by atoms with Gasteiger partial charge in [-0.1, -0.05) is 80.1 Å². The number of hydrogen-bond acceptors (Lipinski definition) is 1. The fraction of sp³-hybridized carbons (Fsp3) is 0.136. The fourth-order valence-corrected chi connectivity index (χ4v) is 5.05. The Balaban J connectivity index is 2.19. The van der Waals surface area contributed by atoms with E-state index in [2.05, 4.69) is 6.92 Å². The molecule has 0 atom stereocenters. The van der Waals surface area contributed by atoms with Gasteiger partial charge in [-0.15, -0.1) is 0 Å². The van der Waals surface area contributed by atoms with Gasteiger partial charge in [-0.25, -0.2) is 4.76 Å². The van der Waals surface area contributed by atoms with Gasteiger partial charge in [0.25, 0.3) is 0 Å². The van der Waals surface area contributed by atoms with Crippen LogP contribution in [0.3, 0.4) is 0 Å². The summed E-state index contributed by atoms with van der Waals surface area (Å²) in [6, 6.07) is 29.2. The molecule has 0 fully saturated rings. The van der Waals surface area contributed by atoms with E-state index in [0.29, 0.717) is 0 Å². The van der Waals surface area contributed by atoms with Crippen molar-refractivity contribution in [3.63, 3.8) is 0 Å². The highest BCUT2D eigenvalue weighted by atomic mass is 31.2. The van der Waals surface area contributed by atoms with E-state index in [1.807, 2.05) is 91.0 Å². The third-order valence-electron chi connectivity index (χ3n) is 4.07. The first kappa shape index (κ1) is 17.4. The Morgan fingerprint density at radius 1 is 0.760 bits per heavy atom. The Labute approximate surface area is 149 Å². The second kappa shape index (κ2) is 8.09. The van der Waals surface area contributed by atoms with Crippen molar-refractivity contribution in [3.05, 3.63) is 96.6 Å². The summed E-state index contributed by atoms with van der Waals surface area (Å²) in [4.78, 5) is 0. The van der Waals surface area contributed by atoms with Crippen molar-refractivity contribution in [1.29, 1.82) is 0 Å². The lowest BCUT2D eigenvalue weighted by Gasteiger charge is -2.17. The number of rotatable bonds is 6. The first-order valence-electron chi connectivity index (χ1n) is 8.60. The van der Waals surface area contributed by atoms with Gasteiger partial charge >= 0.3 is 0 Å². The van der Waals surface area contributed by atoms with Crippen LogP contribution in [0.25, 0.3) is 0 Å². The number of benzene rings is 3. The zero-order valence-electron chi connectivity index (χ0n) is 14.4. The van der Waals surface area contributed by atoms with Gasteiger partial charge in [0, 0.05) is 10.6 Å². The molecule has 25 heavy (non-hydrogen) atoms. The van der Waals surface area contributed by atoms with Gasteiger partial charge in [0.2, 0.25) is 7.29 Å². The standard InChI is InChI=1S/C22H22NOP/c1-2-12-22(19-13-6-3-7-14-19)23-25(24,20-15-8-4-9-16-20)21-17-10-5-11-18-21/h3-11,13-18H,2,12H2,1H3/b23-22-. The summed E-state index contributed by atoms with van der Waals surface area (Å²) in [5.74, 6) is 0. The molecule has 0 N–H and O–H groups in total. The smallest absolute Gasteiger partial charge is 0.247 e. The molecule has 2 nitrogen and oxygen atoms in total. The summed E-state index contributed by atoms with van der Waals surface area (Å²) in [5, 5.41) is 1.54. The van der Waals surface area contributed by atoms with E-state index in [4.69, 9.17) is 4.76 Å². The van der Waals surface area contributed by atoms with Crippen LogP contribution in [0.2, 0.25) is 0 Å². The molecule has 0 heterocycles. The van der Waals surface area contributed by atoms with Crippen molar-refractivity contribution < 1.29 is 4.57 Å². The molecule has 0 spiro atoms. The summed E-state index contributed by atoms with van der Waals surface area (Å²) < 4.78 is 19.0. The van der Waals surface area contributed by atoms with Gasteiger partial charge in [-0.3, -0.25) is 4.57 Å². The third-order valence-corrected chi connectivity index (χ3v) is 6.59. The molecule has 0 radical (unpaired) electrons. The Hall–Kier alpha value is -2.44. The van der Waals surface area contributed by atoms with E-state index in [1.165, 1.54) is 0 Å². The lowest BCUT2D eigenvalue weighted by atomic mass is 10.1. The van der Waals surface area contributed by atoms with Crippen LogP contribution in [0.4, 0.5) is 0 Å². The molecular formula is C22H22NOP. The van der Waals surface area contributed by atoms with Crippen molar-refractivity contribution in [3.8, 4) is 0 Å². The third kappa shape index (κ3) is 3.97. The molecule has 3 heteroatoms. The monoisotopic (exact) mass is 347 g/mol. The van der Waals surface area contributed by atoms with Crippen LogP contribution in [0.5, 0.6) is 0 Å². The summed E-state index contributed by atoms with van der Waals surface area (Å²) in [6.07, 6.45) is 1.75. The summed E-state index contributed by atoms with van der Waals surface area (Å²) in [7, 11) is -3.09. The second-order valence-electron chi connectivity index (χ2n) is 5.91. The molecule has 0 saturated heterocycles. The van der Waals surface area contributed by atoms with Crippen LogP contribution in [0.1, 0.15) is 25.3 Å². The molecule has 3 aromatic rings. The van der Waals surface area contributed by atoms with E-state index in [-0.39, 0.29) is 0 Å². The number of hydrogen-bond donors (Lipinski definition) is 0. The van der Waals surface area contributed by atoms with Crippen LogP contribution in [0, 0.1) is 0 Å². The highest BCUT2D eigenvalue weighted by molar-refractivity contribution is 7.77. The first-order valence-corrected chi connectivity index (χ1v) is 10.3. The number of nitrogens with zero attached hydrogens (tertiary/aromatic N) is 1. The second-order valence-corrected chi connectivity index (χ2v) is 8.29. The normalized spacial score (nSPS) is 12.1. The molecule has 0 bridgehead atoms. The van der Waals surface area contributed by atoms with Crippen LogP contribution in [-0.4, -0.2) is 5.71 Å².